The molecule has 0 aromatic heterocycles. The zero-order valence-corrected chi connectivity index (χ0v) is 11.5. The van der Waals surface area contributed by atoms with E-state index in [1.165, 1.54) is 38.1 Å². The van der Waals surface area contributed by atoms with Gasteiger partial charge in [-0.25, -0.2) is 22.3 Å². The lowest BCUT2D eigenvalue weighted by Gasteiger charge is -2.24. The molecule has 0 fully saturated rings. The van der Waals surface area contributed by atoms with E-state index in [2.05, 4.69) is 4.72 Å². The van der Waals surface area contributed by atoms with E-state index in [1.807, 2.05) is 0 Å². The van der Waals surface area contributed by atoms with Crippen molar-refractivity contribution in [2.24, 2.45) is 0 Å². The Labute approximate surface area is 110 Å². The summed E-state index contributed by atoms with van der Waals surface area (Å²) in [6.45, 7) is 1.40. The van der Waals surface area contributed by atoms with Crippen molar-refractivity contribution in [2.75, 3.05) is 19.0 Å². The largest absolute Gasteiger partial charge is 0.480 e. The molecule has 2 N–H and O–H groups in total. The van der Waals surface area contributed by atoms with E-state index < -0.39 is 27.9 Å². The molecule has 0 saturated carbocycles. The van der Waals surface area contributed by atoms with Crippen LogP contribution < -0.4 is 9.62 Å². The van der Waals surface area contributed by atoms with Crippen molar-refractivity contribution in [1.29, 1.82) is 0 Å². The van der Waals surface area contributed by atoms with Gasteiger partial charge in [0.05, 0.1) is 10.6 Å². The van der Waals surface area contributed by atoms with Gasteiger partial charge < -0.3 is 10.0 Å². The number of anilines is 1. The minimum atomic E-state index is -3.72. The second-order valence-corrected chi connectivity index (χ2v) is 5.83. The van der Waals surface area contributed by atoms with Gasteiger partial charge in [0.25, 0.3) is 0 Å². The fourth-order valence-corrected chi connectivity index (χ4v) is 2.17. The van der Waals surface area contributed by atoms with Gasteiger partial charge in [0.15, 0.2) is 0 Å². The van der Waals surface area contributed by atoms with Crippen LogP contribution in [0.3, 0.4) is 0 Å². The van der Waals surface area contributed by atoms with E-state index in [-0.39, 0.29) is 10.6 Å². The Kier molecular flexibility index (Phi) is 4.48. The lowest BCUT2D eigenvalue weighted by molar-refractivity contribution is -0.138. The Morgan fingerprint density at radius 2 is 2.05 bits per heavy atom. The lowest BCUT2D eigenvalue weighted by Crippen LogP contribution is -2.36. The molecule has 8 heteroatoms. The van der Waals surface area contributed by atoms with Crippen molar-refractivity contribution in [3.05, 3.63) is 24.0 Å². The summed E-state index contributed by atoms with van der Waals surface area (Å²) >= 11 is 0. The first-order chi connectivity index (χ1) is 8.70. The van der Waals surface area contributed by atoms with Gasteiger partial charge in [0, 0.05) is 7.05 Å². The van der Waals surface area contributed by atoms with Crippen molar-refractivity contribution in [3.63, 3.8) is 0 Å². The molecule has 1 atom stereocenters. The minimum Gasteiger partial charge on any atom is -0.480 e. The van der Waals surface area contributed by atoms with Gasteiger partial charge in [0.1, 0.15) is 11.9 Å². The van der Waals surface area contributed by atoms with Gasteiger partial charge in [-0.3, -0.25) is 0 Å². The highest BCUT2D eigenvalue weighted by atomic mass is 32.2. The third-order valence-corrected chi connectivity index (χ3v) is 4.23. The van der Waals surface area contributed by atoms with Crippen molar-refractivity contribution >= 4 is 21.7 Å². The lowest BCUT2D eigenvalue weighted by atomic mass is 10.2. The fourth-order valence-electron chi connectivity index (χ4n) is 1.43. The zero-order chi connectivity index (χ0) is 14.8. The molecule has 0 aliphatic rings. The number of hydrogen-bond donors (Lipinski definition) is 2. The molecular weight excluding hydrogens is 275 g/mol. The molecule has 0 radical (unpaired) electrons. The summed E-state index contributed by atoms with van der Waals surface area (Å²) in [6, 6.07) is 2.38. The molecule has 0 aliphatic carbocycles. The topological polar surface area (TPSA) is 86.7 Å². The average Bonchev–Trinajstić information content (AvgIpc) is 2.36. The maximum Gasteiger partial charge on any atom is 0.326 e. The van der Waals surface area contributed by atoms with Gasteiger partial charge in [-0.15, -0.1) is 0 Å². The van der Waals surface area contributed by atoms with Crippen LogP contribution in [-0.4, -0.2) is 39.6 Å². The van der Waals surface area contributed by atoms with Crippen LogP contribution in [0.5, 0.6) is 0 Å². The number of carbonyl (C=O) groups is 1. The van der Waals surface area contributed by atoms with Crippen molar-refractivity contribution < 1.29 is 22.7 Å². The Hall–Kier alpha value is -1.67. The number of halogens is 1. The van der Waals surface area contributed by atoms with Crippen LogP contribution in [0.4, 0.5) is 10.1 Å². The number of hydrogen-bond acceptors (Lipinski definition) is 4. The third-order valence-electron chi connectivity index (χ3n) is 2.82. The van der Waals surface area contributed by atoms with Crippen LogP contribution in [0.2, 0.25) is 0 Å². The number of carboxylic acid groups (broad SMARTS) is 1. The Morgan fingerprint density at radius 1 is 1.47 bits per heavy atom. The standard InChI is InChI=1S/C11H15FN2O4S/c1-7(11(15)16)14(3)10-5-4-8(6-9(10)12)19(17,18)13-2/h4-7,13H,1-3H3,(H,15,16). The molecular formula is C11H15FN2O4S. The summed E-state index contributed by atoms with van der Waals surface area (Å²) in [5.41, 5.74) is 0.0185. The number of nitrogens with one attached hydrogen (secondary N) is 1. The third kappa shape index (κ3) is 3.21. The van der Waals surface area contributed by atoms with E-state index in [0.29, 0.717) is 0 Å². The highest BCUT2D eigenvalue weighted by Crippen LogP contribution is 2.23. The van der Waals surface area contributed by atoms with Crippen LogP contribution in [0, 0.1) is 5.82 Å². The molecule has 1 aromatic rings. The summed E-state index contributed by atoms with van der Waals surface area (Å²) in [4.78, 5) is 11.8. The Balaban J connectivity index is 3.18. The maximum absolute atomic E-state index is 13.9. The molecule has 1 rings (SSSR count). The number of rotatable bonds is 5. The van der Waals surface area contributed by atoms with Crippen LogP contribution in [0.1, 0.15) is 6.92 Å². The van der Waals surface area contributed by atoms with Crippen LogP contribution in [-0.2, 0) is 14.8 Å². The second-order valence-electron chi connectivity index (χ2n) is 3.95. The average molecular weight is 290 g/mol. The molecule has 19 heavy (non-hydrogen) atoms. The van der Waals surface area contributed by atoms with E-state index >= 15 is 0 Å². The monoisotopic (exact) mass is 290 g/mol. The molecule has 6 nitrogen and oxygen atoms in total. The van der Waals surface area contributed by atoms with Crippen LogP contribution in [0.25, 0.3) is 0 Å². The molecule has 0 aliphatic heterocycles. The van der Waals surface area contributed by atoms with E-state index in [0.717, 1.165) is 6.07 Å². The predicted molar refractivity (Wildman–Crippen MR) is 68.1 cm³/mol. The summed E-state index contributed by atoms with van der Waals surface area (Å²) in [5, 5.41) is 8.86. The number of aliphatic carboxylic acids is 1. The second kappa shape index (κ2) is 5.54. The van der Waals surface area contributed by atoms with Crippen molar-refractivity contribution in [3.8, 4) is 0 Å². The molecule has 1 unspecified atom stereocenters. The van der Waals surface area contributed by atoms with Gasteiger partial charge in [-0.1, -0.05) is 0 Å². The molecule has 0 amide bonds. The summed E-state index contributed by atoms with van der Waals surface area (Å²) < 4.78 is 38.9. The van der Waals surface area contributed by atoms with Gasteiger partial charge in [0.2, 0.25) is 10.0 Å². The van der Waals surface area contributed by atoms with E-state index in [1.54, 1.807) is 0 Å². The quantitative estimate of drug-likeness (QED) is 0.831. The number of carboxylic acids is 1. The number of nitrogens with zero attached hydrogens (tertiary/aromatic N) is 1. The number of likely N-dealkylation sites (N-methyl/N-ethyl adjacent to an activating group) is 1. The normalized spacial score (nSPS) is 13.1. The first-order valence-electron chi connectivity index (χ1n) is 5.39. The molecule has 0 bridgehead atoms. The summed E-state index contributed by atoms with van der Waals surface area (Å²) in [7, 11) is -1.08. The van der Waals surface area contributed by atoms with E-state index in [9.17, 15) is 17.6 Å². The van der Waals surface area contributed by atoms with Crippen molar-refractivity contribution in [1.82, 2.24) is 4.72 Å². The Bertz CT molecular complexity index is 588. The molecule has 0 spiro atoms. The highest BCUT2D eigenvalue weighted by Gasteiger charge is 2.21. The van der Waals surface area contributed by atoms with Crippen LogP contribution in [0.15, 0.2) is 23.1 Å². The molecule has 0 heterocycles. The Morgan fingerprint density at radius 3 is 2.47 bits per heavy atom. The van der Waals surface area contributed by atoms with Gasteiger partial charge >= 0.3 is 5.97 Å². The molecule has 0 saturated heterocycles. The van der Waals surface area contributed by atoms with E-state index in [4.69, 9.17) is 5.11 Å². The van der Waals surface area contributed by atoms with Crippen LogP contribution >= 0.6 is 0 Å². The van der Waals surface area contributed by atoms with Gasteiger partial charge in [-0.2, -0.15) is 0 Å². The van der Waals surface area contributed by atoms with Gasteiger partial charge in [-0.05, 0) is 32.2 Å². The smallest absolute Gasteiger partial charge is 0.326 e. The number of sulfonamides is 1. The summed E-state index contributed by atoms with van der Waals surface area (Å²) in [6.07, 6.45) is 0. The molecule has 106 valence electrons. The predicted octanol–water partition coefficient (Wildman–Crippen LogP) is 0.643. The SMILES string of the molecule is CNS(=O)(=O)c1ccc(N(C)C(C)C(=O)O)c(F)c1. The first-order valence-corrected chi connectivity index (χ1v) is 6.87. The number of benzene rings is 1. The highest BCUT2D eigenvalue weighted by molar-refractivity contribution is 7.89. The summed E-state index contributed by atoms with van der Waals surface area (Å²) in [5.74, 6) is -1.90. The molecule has 1 aromatic carbocycles. The zero-order valence-electron chi connectivity index (χ0n) is 10.7. The maximum atomic E-state index is 13.9. The fraction of sp³-hybridized carbons (Fsp3) is 0.364. The van der Waals surface area contributed by atoms with Crippen molar-refractivity contribution in [2.45, 2.75) is 17.9 Å². The minimum absolute atomic E-state index is 0.0185. The first kappa shape index (κ1) is 15.4.